The Hall–Kier alpha value is -4.62. The summed E-state index contributed by atoms with van der Waals surface area (Å²) < 4.78 is 5.17. The smallest absolute Gasteiger partial charge is 0.423 e. The minimum Gasteiger partial charge on any atom is -0.423 e. The van der Waals surface area contributed by atoms with Gasteiger partial charge in [-0.15, -0.1) is 5.06 Å². The highest BCUT2D eigenvalue weighted by molar-refractivity contribution is 6.02. The summed E-state index contributed by atoms with van der Waals surface area (Å²) in [6, 6.07) is 5.23. The van der Waals surface area contributed by atoms with Gasteiger partial charge in [0.15, 0.2) is 5.96 Å². The first kappa shape index (κ1) is 23.1. The van der Waals surface area contributed by atoms with Crippen molar-refractivity contribution in [2.24, 2.45) is 5.73 Å². The number of anilines is 1. The zero-order valence-electron chi connectivity index (χ0n) is 17.5. The number of hydrogen-bond donors (Lipinski definition) is 5. The molecule has 0 unspecified atom stereocenters. The normalized spacial score (nSPS) is 13.1. The molecule has 3 rings (SSSR count). The number of hydroxylamine groups is 2. The number of carbonyl (C=O) groups excluding carboxylic acids is 4. The zero-order chi connectivity index (χ0) is 24.1. The lowest BCUT2D eigenvalue weighted by molar-refractivity contribution is -0.171. The van der Waals surface area contributed by atoms with Crippen LogP contribution in [0.1, 0.15) is 18.4 Å². The van der Waals surface area contributed by atoms with Gasteiger partial charge in [0.2, 0.25) is 0 Å². The van der Waals surface area contributed by atoms with E-state index < -0.39 is 29.6 Å². The second-order valence-electron chi connectivity index (χ2n) is 6.90. The molecule has 174 valence electrons. The highest BCUT2D eigenvalue weighted by atomic mass is 16.7. The molecule has 0 radical (unpaired) electrons. The van der Waals surface area contributed by atoms with Gasteiger partial charge in [-0.1, -0.05) is 6.07 Å². The van der Waals surface area contributed by atoms with E-state index >= 15 is 0 Å². The van der Waals surface area contributed by atoms with Crippen molar-refractivity contribution in [1.29, 1.82) is 5.41 Å². The molecule has 0 bridgehead atoms. The Morgan fingerprint density at radius 2 is 1.85 bits per heavy atom. The van der Waals surface area contributed by atoms with Crippen LogP contribution in [-0.4, -0.2) is 48.7 Å². The van der Waals surface area contributed by atoms with Gasteiger partial charge in [-0.05, 0) is 17.7 Å². The van der Waals surface area contributed by atoms with Gasteiger partial charge >= 0.3 is 17.7 Å². The van der Waals surface area contributed by atoms with Crippen LogP contribution >= 0.6 is 0 Å². The van der Waals surface area contributed by atoms with Crippen molar-refractivity contribution in [1.82, 2.24) is 21.0 Å². The predicted octanol–water partition coefficient (Wildman–Crippen LogP) is -0.330. The lowest BCUT2D eigenvalue weighted by Gasteiger charge is -2.20. The van der Waals surface area contributed by atoms with Crippen LogP contribution < -0.4 is 32.2 Å². The minimum atomic E-state index is -0.993. The molecule has 1 aromatic heterocycles. The Labute approximate surface area is 186 Å². The van der Waals surface area contributed by atoms with Gasteiger partial charge in [-0.3, -0.25) is 19.9 Å². The number of guanidine groups is 1. The maximum absolute atomic E-state index is 12.4. The number of nitrogens with one attached hydrogen (secondary N) is 4. The van der Waals surface area contributed by atoms with Crippen molar-refractivity contribution in [2.75, 3.05) is 18.6 Å². The van der Waals surface area contributed by atoms with Crippen LogP contribution in [0.15, 0.2) is 33.5 Å². The summed E-state index contributed by atoms with van der Waals surface area (Å²) in [4.78, 5) is 65.3. The van der Waals surface area contributed by atoms with Crippen LogP contribution in [0.4, 0.5) is 15.3 Å². The molecule has 33 heavy (non-hydrogen) atoms. The fourth-order valence-electron chi connectivity index (χ4n) is 2.97. The molecule has 0 aliphatic carbocycles. The van der Waals surface area contributed by atoms with Crippen molar-refractivity contribution in [3.8, 4) is 0 Å². The molecule has 1 aromatic carbocycles. The summed E-state index contributed by atoms with van der Waals surface area (Å²) in [7, 11) is 1.43. The van der Waals surface area contributed by atoms with Crippen molar-refractivity contribution in [3.05, 3.63) is 40.2 Å². The average molecular weight is 459 g/mol. The van der Waals surface area contributed by atoms with E-state index in [0.29, 0.717) is 16.0 Å². The number of hydrogen-bond acceptors (Lipinski definition) is 8. The van der Waals surface area contributed by atoms with Gasteiger partial charge in [-0.25, -0.2) is 14.4 Å². The molecule has 2 heterocycles. The van der Waals surface area contributed by atoms with Crippen LogP contribution in [0.5, 0.6) is 0 Å². The number of rotatable bonds is 6. The highest BCUT2D eigenvalue weighted by Gasteiger charge is 2.32. The summed E-state index contributed by atoms with van der Waals surface area (Å²) in [6.45, 7) is -0.140. The van der Waals surface area contributed by atoms with Gasteiger partial charge in [0, 0.05) is 37.9 Å². The quantitative estimate of drug-likeness (QED) is 0.126. The molecule has 0 atom stereocenters. The Morgan fingerprint density at radius 3 is 2.52 bits per heavy atom. The van der Waals surface area contributed by atoms with Crippen molar-refractivity contribution >= 4 is 46.6 Å². The van der Waals surface area contributed by atoms with Crippen molar-refractivity contribution in [3.63, 3.8) is 0 Å². The molecule has 14 nitrogen and oxygen atoms in total. The topological polar surface area (TPSA) is 200 Å². The molecule has 1 fully saturated rings. The van der Waals surface area contributed by atoms with Crippen molar-refractivity contribution < 1.29 is 28.4 Å². The maximum Gasteiger partial charge on any atom is 0.432 e. The van der Waals surface area contributed by atoms with Gasteiger partial charge in [-0.2, -0.15) is 0 Å². The lowest BCUT2D eigenvalue weighted by atomic mass is 10.1. The SMILES string of the molecule is CN(C(=O)NCNC(=N)N)c1cc(=O)oc2ccc(CNC(=O)ON3C(=O)CCC3=O)cc12. The van der Waals surface area contributed by atoms with Gasteiger partial charge in [0.05, 0.1) is 12.4 Å². The summed E-state index contributed by atoms with van der Waals surface area (Å²) in [5, 5.41) is 15.3. The number of nitrogens with zero attached hydrogens (tertiary/aromatic N) is 2. The predicted molar refractivity (Wildman–Crippen MR) is 114 cm³/mol. The standard InChI is InChI=1S/C19H21N7O7/c1-25(18(30)24-9-23-17(20)21)12-7-16(29)32-13-3-2-10(6-11(12)13)8-22-19(31)33-26-14(27)4-5-15(26)28/h2-3,6-7H,4-5,8-9H2,1H3,(H,22,31)(H,24,30)(H4,20,21,23). The maximum atomic E-state index is 12.4. The van der Waals surface area contributed by atoms with E-state index in [0.717, 1.165) is 6.07 Å². The number of imide groups is 1. The number of benzene rings is 1. The summed E-state index contributed by atoms with van der Waals surface area (Å²) in [6.07, 6.45) is -1.03. The molecule has 5 amide bonds. The first-order valence-electron chi connectivity index (χ1n) is 9.63. The second kappa shape index (κ2) is 9.67. The Bertz CT molecular complexity index is 1180. The van der Waals surface area contributed by atoms with Crippen LogP contribution in [0, 0.1) is 5.41 Å². The largest absolute Gasteiger partial charge is 0.432 e. The average Bonchev–Trinajstić information content (AvgIpc) is 3.08. The molecule has 6 N–H and O–H groups in total. The number of carbonyl (C=O) groups is 4. The minimum absolute atomic E-state index is 0.0172. The number of nitrogens with two attached hydrogens (primary N) is 1. The third kappa shape index (κ3) is 5.55. The molecule has 14 heteroatoms. The highest BCUT2D eigenvalue weighted by Crippen LogP contribution is 2.25. The lowest BCUT2D eigenvalue weighted by Crippen LogP contribution is -2.45. The Morgan fingerprint density at radius 1 is 1.15 bits per heavy atom. The van der Waals surface area contributed by atoms with Gasteiger partial charge in [0.25, 0.3) is 11.8 Å². The Kier molecular flexibility index (Phi) is 6.76. The number of urea groups is 1. The monoisotopic (exact) mass is 459 g/mol. The van der Waals surface area contributed by atoms with E-state index in [1.807, 2.05) is 0 Å². The first-order chi connectivity index (χ1) is 15.7. The second-order valence-corrected chi connectivity index (χ2v) is 6.90. The van der Waals surface area contributed by atoms with E-state index in [1.165, 1.54) is 18.0 Å². The van der Waals surface area contributed by atoms with Crippen LogP contribution in [0.3, 0.4) is 0 Å². The third-order valence-electron chi connectivity index (χ3n) is 4.59. The molecule has 1 saturated heterocycles. The Balaban J connectivity index is 1.74. The van der Waals surface area contributed by atoms with Crippen LogP contribution in [0.2, 0.25) is 0 Å². The van der Waals surface area contributed by atoms with Crippen LogP contribution in [0.25, 0.3) is 11.0 Å². The van der Waals surface area contributed by atoms with E-state index in [2.05, 4.69) is 16.0 Å². The molecular weight excluding hydrogens is 438 g/mol. The van der Waals surface area contributed by atoms with E-state index in [-0.39, 0.29) is 43.3 Å². The van der Waals surface area contributed by atoms with E-state index in [9.17, 15) is 24.0 Å². The van der Waals surface area contributed by atoms with E-state index in [4.69, 9.17) is 20.4 Å². The molecule has 2 aromatic rings. The van der Waals surface area contributed by atoms with E-state index in [1.54, 1.807) is 12.1 Å². The number of fused-ring (bicyclic) bond motifs is 1. The van der Waals surface area contributed by atoms with Crippen molar-refractivity contribution in [2.45, 2.75) is 19.4 Å². The van der Waals surface area contributed by atoms with Gasteiger partial charge in [0.1, 0.15) is 5.58 Å². The summed E-state index contributed by atoms with van der Waals surface area (Å²) in [5.74, 6) is -1.52. The summed E-state index contributed by atoms with van der Waals surface area (Å²) >= 11 is 0. The number of amides is 5. The molecule has 0 spiro atoms. The molecule has 0 saturated carbocycles. The molecular formula is C19H21N7O7. The summed E-state index contributed by atoms with van der Waals surface area (Å²) in [5.41, 5.74) is 5.49. The first-order valence-corrected chi connectivity index (χ1v) is 9.63. The van der Waals surface area contributed by atoms with Crippen LogP contribution in [-0.2, 0) is 21.0 Å². The third-order valence-corrected chi connectivity index (χ3v) is 4.59. The molecule has 1 aliphatic rings. The van der Waals surface area contributed by atoms with Gasteiger partial charge < -0.3 is 30.9 Å². The fraction of sp³-hybridized carbons (Fsp3) is 0.263. The zero-order valence-corrected chi connectivity index (χ0v) is 17.5. The molecule has 1 aliphatic heterocycles. The fourth-order valence-corrected chi connectivity index (χ4v) is 2.97.